The van der Waals surface area contributed by atoms with Crippen LogP contribution in [0.2, 0.25) is 0 Å². The summed E-state index contributed by atoms with van der Waals surface area (Å²) in [5, 5.41) is 8.57. The van der Waals surface area contributed by atoms with Crippen molar-refractivity contribution >= 4 is 5.91 Å². The van der Waals surface area contributed by atoms with Crippen LogP contribution in [-0.4, -0.2) is 63.2 Å². The van der Waals surface area contributed by atoms with Crippen molar-refractivity contribution in [3.8, 4) is 0 Å². The van der Waals surface area contributed by atoms with Gasteiger partial charge in [-0.15, -0.1) is 10.2 Å². The van der Waals surface area contributed by atoms with Crippen LogP contribution in [0.1, 0.15) is 63.6 Å². The molecule has 138 valence electrons. The van der Waals surface area contributed by atoms with Gasteiger partial charge in [0.25, 0.3) is 0 Å². The van der Waals surface area contributed by atoms with Gasteiger partial charge in [-0.25, -0.2) is 0 Å². The molecule has 1 spiro atoms. The molecular formula is C19H31N5O. The van der Waals surface area contributed by atoms with Gasteiger partial charge in [0, 0.05) is 25.6 Å². The van der Waals surface area contributed by atoms with Crippen LogP contribution >= 0.6 is 0 Å². The normalized spacial score (nSPS) is 26.6. The topological polar surface area (TPSA) is 54.3 Å². The van der Waals surface area contributed by atoms with Crippen molar-refractivity contribution in [1.82, 2.24) is 24.6 Å². The number of carbonyl (C=O) groups is 1. The van der Waals surface area contributed by atoms with Crippen LogP contribution < -0.4 is 0 Å². The summed E-state index contributed by atoms with van der Waals surface area (Å²) >= 11 is 0. The lowest BCUT2D eigenvalue weighted by Gasteiger charge is -2.42. The molecule has 1 unspecified atom stereocenters. The van der Waals surface area contributed by atoms with Crippen molar-refractivity contribution in [3.05, 3.63) is 12.2 Å². The van der Waals surface area contributed by atoms with E-state index in [4.69, 9.17) is 0 Å². The maximum Gasteiger partial charge on any atom is 0.236 e. The first kappa shape index (κ1) is 17.0. The third kappa shape index (κ3) is 3.21. The molecule has 0 aromatic carbocycles. The molecule has 2 saturated heterocycles. The van der Waals surface area contributed by atoms with Crippen molar-refractivity contribution in [3.63, 3.8) is 0 Å². The Morgan fingerprint density at radius 3 is 2.60 bits per heavy atom. The molecule has 1 saturated carbocycles. The number of rotatable bonds is 4. The van der Waals surface area contributed by atoms with Crippen LogP contribution in [-0.2, 0) is 11.3 Å². The van der Waals surface area contributed by atoms with Gasteiger partial charge in [0.15, 0.2) is 0 Å². The van der Waals surface area contributed by atoms with Gasteiger partial charge in [0.1, 0.15) is 12.2 Å². The molecule has 4 rings (SSSR count). The summed E-state index contributed by atoms with van der Waals surface area (Å²) in [6, 6.07) is 0. The summed E-state index contributed by atoms with van der Waals surface area (Å²) in [5.74, 6) is 1.77. The monoisotopic (exact) mass is 345 g/mol. The number of nitrogens with zero attached hydrogens (tertiary/aromatic N) is 5. The lowest BCUT2D eigenvalue weighted by molar-refractivity contribution is -0.132. The minimum Gasteiger partial charge on any atom is -0.340 e. The molecule has 3 heterocycles. The average molecular weight is 345 g/mol. The maximum atomic E-state index is 13.0. The van der Waals surface area contributed by atoms with Gasteiger partial charge in [0.05, 0.1) is 6.54 Å². The number of aryl methyl sites for hydroxylation is 1. The van der Waals surface area contributed by atoms with E-state index in [1.807, 2.05) is 6.33 Å². The Morgan fingerprint density at radius 2 is 1.96 bits per heavy atom. The van der Waals surface area contributed by atoms with Crippen molar-refractivity contribution in [2.24, 2.45) is 5.41 Å². The molecule has 2 aliphatic heterocycles. The van der Waals surface area contributed by atoms with Crippen molar-refractivity contribution in [2.75, 3.05) is 32.7 Å². The number of hydrogen-bond donors (Lipinski definition) is 0. The van der Waals surface area contributed by atoms with E-state index in [0.717, 1.165) is 38.5 Å². The zero-order valence-electron chi connectivity index (χ0n) is 15.5. The molecule has 0 radical (unpaired) electrons. The van der Waals surface area contributed by atoms with E-state index in [2.05, 4.69) is 31.5 Å². The molecule has 3 aliphatic rings. The predicted molar refractivity (Wildman–Crippen MR) is 96.2 cm³/mol. The van der Waals surface area contributed by atoms with Crippen LogP contribution in [0.25, 0.3) is 0 Å². The maximum absolute atomic E-state index is 13.0. The summed E-state index contributed by atoms with van der Waals surface area (Å²) in [7, 11) is 0. The second-order valence-electron chi connectivity index (χ2n) is 8.21. The molecule has 3 fully saturated rings. The Balaban J connectivity index is 1.46. The smallest absolute Gasteiger partial charge is 0.236 e. The molecule has 1 aliphatic carbocycles. The van der Waals surface area contributed by atoms with Gasteiger partial charge < -0.3 is 9.47 Å². The first-order valence-corrected chi connectivity index (χ1v) is 10.1. The SMILES string of the molecule is CCn1cnnc1C1CN(C(=O)CN2CCCCCC2)CC12CCC2. The molecule has 6 heteroatoms. The lowest BCUT2D eigenvalue weighted by atomic mass is 9.62. The molecule has 0 N–H and O–H groups in total. The first-order valence-electron chi connectivity index (χ1n) is 10.1. The highest BCUT2D eigenvalue weighted by atomic mass is 16.2. The number of likely N-dealkylation sites (tertiary alicyclic amines) is 2. The minimum atomic E-state index is 0.258. The number of amides is 1. The van der Waals surface area contributed by atoms with Gasteiger partial charge in [-0.2, -0.15) is 0 Å². The summed E-state index contributed by atoms with van der Waals surface area (Å²) in [5.41, 5.74) is 0.258. The van der Waals surface area contributed by atoms with E-state index < -0.39 is 0 Å². The Morgan fingerprint density at radius 1 is 1.20 bits per heavy atom. The third-order valence-corrected chi connectivity index (χ3v) is 6.71. The fourth-order valence-electron chi connectivity index (χ4n) is 5.01. The standard InChI is InChI=1S/C19H31N5O/c1-2-23-15-20-21-18(23)16-12-24(14-19(16)8-7-9-19)17(25)13-22-10-5-3-4-6-11-22/h15-16H,2-14H2,1H3. The van der Waals surface area contributed by atoms with Crippen LogP contribution in [0.5, 0.6) is 0 Å². The Kier molecular flexibility index (Phi) is 4.80. The van der Waals surface area contributed by atoms with Gasteiger partial charge >= 0.3 is 0 Å². The molecule has 1 aromatic heterocycles. The van der Waals surface area contributed by atoms with Gasteiger partial charge in [-0.1, -0.05) is 19.3 Å². The number of aromatic nitrogens is 3. The van der Waals surface area contributed by atoms with Gasteiger partial charge in [-0.3, -0.25) is 9.69 Å². The molecule has 6 nitrogen and oxygen atoms in total. The Bertz CT molecular complexity index is 601. The van der Waals surface area contributed by atoms with E-state index in [0.29, 0.717) is 18.4 Å². The summed E-state index contributed by atoms with van der Waals surface area (Å²) in [6.07, 6.45) is 10.7. The van der Waals surface area contributed by atoms with Gasteiger partial charge in [0.2, 0.25) is 5.91 Å². The zero-order chi connectivity index (χ0) is 17.3. The second-order valence-corrected chi connectivity index (χ2v) is 8.21. The highest BCUT2D eigenvalue weighted by molar-refractivity contribution is 5.79. The summed E-state index contributed by atoms with van der Waals surface area (Å²) < 4.78 is 2.16. The summed E-state index contributed by atoms with van der Waals surface area (Å²) in [6.45, 7) is 7.54. The average Bonchev–Trinajstić information content (AvgIpc) is 3.13. The second kappa shape index (κ2) is 7.06. The Labute approximate surface area is 150 Å². The van der Waals surface area contributed by atoms with E-state index in [1.165, 1.54) is 44.9 Å². The summed E-state index contributed by atoms with van der Waals surface area (Å²) in [4.78, 5) is 17.5. The van der Waals surface area contributed by atoms with Crippen LogP contribution in [0.4, 0.5) is 0 Å². The van der Waals surface area contributed by atoms with Crippen molar-refractivity contribution in [1.29, 1.82) is 0 Å². The molecule has 0 bridgehead atoms. The van der Waals surface area contributed by atoms with E-state index >= 15 is 0 Å². The fraction of sp³-hybridized carbons (Fsp3) is 0.842. The number of carbonyl (C=O) groups excluding carboxylic acids is 1. The van der Waals surface area contributed by atoms with Crippen LogP contribution in [0, 0.1) is 5.41 Å². The molecule has 1 aromatic rings. The van der Waals surface area contributed by atoms with Crippen molar-refractivity contribution in [2.45, 2.75) is 64.3 Å². The zero-order valence-corrected chi connectivity index (χ0v) is 15.5. The largest absolute Gasteiger partial charge is 0.340 e. The molecule has 1 amide bonds. The molecular weight excluding hydrogens is 314 g/mol. The van der Waals surface area contributed by atoms with Crippen molar-refractivity contribution < 1.29 is 4.79 Å². The van der Waals surface area contributed by atoms with Gasteiger partial charge in [-0.05, 0) is 51.1 Å². The molecule has 1 atom stereocenters. The van der Waals surface area contributed by atoms with Crippen LogP contribution in [0.3, 0.4) is 0 Å². The number of hydrogen-bond acceptors (Lipinski definition) is 4. The van der Waals surface area contributed by atoms with E-state index in [1.54, 1.807) is 0 Å². The quantitative estimate of drug-likeness (QED) is 0.840. The fourth-order valence-corrected chi connectivity index (χ4v) is 5.01. The third-order valence-electron chi connectivity index (χ3n) is 6.71. The van der Waals surface area contributed by atoms with Crippen LogP contribution in [0.15, 0.2) is 6.33 Å². The highest BCUT2D eigenvalue weighted by Crippen LogP contribution is 2.55. The molecule has 25 heavy (non-hydrogen) atoms. The highest BCUT2D eigenvalue weighted by Gasteiger charge is 2.53. The van der Waals surface area contributed by atoms with E-state index in [9.17, 15) is 4.79 Å². The first-order chi connectivity index (χ1) is 12.2. The van der Waals surface area contributed by atoms with E-state index in [-0.39, 0.29) is 5.41 Å². The Hall–Kier alpha value is -1.43. The minimum absolute atomic E-state index is 0.258. The lowest BCUT2D eigenvalue weighted by Crippen LogP contribution is -2.42. The predicted octanol–water partition coefficient (Wildman–Crippen LogP) is 2.27.